The van der Waals surface area contributed by atoms with Crippen LogP contribution in [0.15, 0.2) is 12.1 Å². The summed E-state index contributed by atoms with van der Waals surface area (Å²) < 4.78 is 2.04. The monoisotopic (exact) mass is 383 g/mol. The molecule has 28 heavy (non-hydrogen) atoms. The second-order valence-corrected chi connectivity index (χ2v) is 7.60. The zero-order valence-corrected chi connectivity index (χ0v) is 16.8. The van der Waals surface area contributed by atoms with Gasteiger partial charge in [-0.25, -0.2) is 4.98 Å². The smallest absolute Gasteiger partial charge is 0.227 e. The van der Waals surface area contributed by atoms with Crippen molar-refractivity contribution in [2.75, 3.05) is 29.4 Å². The number of fused-ring (bicyclic) bond motifs is 1. The summed E-state index contributed by atoms with van der Waals surface area (Å²) in [6.07, 6.45) is 4.64. The number of amides is 1. The molecule has 2 aromatic heterocycles. The van der Waals surface area contributed by atoms with Gasteiger partial charge in [-0.1, -0.05) is 6.92 Å². The number of hydrogen-bond acceptors (Lipinski definition) is 6. The molecule has 0 atom stereocenters. The van der Waals surface area contributed by atoms with Crippen molar-refractivity contribution in [3.63, 3.8) is 0 Å². The Hall–Kier alpha value is -2.64. The molecule has 0 radical (unpaired) electrons. The van der Waals surface area contributed by atoms with E-state index in [-0.39, 0.29) is 5.91 Å². The third-order valence-corrected chi connectivity index (χ3v) is 5.45. The Morgan fingerprint density at radius 1 is 1.04 bits per heavy atom. The van der Waals surface area contributed by atoms with E-state index in [0.29, 0.717) is 6.54 Å². The minimum absolute atomic E-state index is 0.0362. The normalized spacial score (nSPS) is 16.8. The van der Waals surface area contributed by atoms with Gasteiger partial charge < -0.3 is 15.1 Å². The van der Waals surface area contributed by atoms with Crippen molar-refractivity contribution in [3.8, 4) is 0 Å². The van der Waals surface area contributed by atoms with E-state index in [0.717, 1.165) is 68.0 Å². The summed E-state index contributed by atoms with van der Waals surface area (Å²) in [6.45, 7) is 8.70. The topological polar surface area (TPSA) is 79.2 Å². The minimum atomic E-state index is -0.0362. The molecule has 0 spiro atoms. The van der Waals surface area contributed by atoms with Gasteiger partial charge in [0.05, 0.1) is 31.0 Å². The fraction of sp³-hybridized carbons (Fsp3) is 0.600. The van der Waals surface area contributed by atoms with Crippen LogP contribution in [0.1, 0.15) is 50.2 Å². The van der Waals surface area contributed by atoms with Crippen molar-refractivity contribution in [3.05, 3.63) is 29.2 Å². The van der Waals surface area contributed by atoms with Gasteiger partial charge in [0.25, 0.3) is 0 Å². The van der Waals surface area contributed by atoms with Crippen molar-refractivity contribution in [1.82, 2.24) is 25.1 Å². The lowest BCUT2D eigenvalue weighted by Gasteiger charge is -2.31. The fourth-order valence-electron chi connectivity index (χ4n) is 3.87. The number of nitrogens with zero attached hydrogens (tertiary/aromatic N) is 6. The van der Waals surface area contributed by atoms with Crippen LogP contribution in [-0.4, -0.2) is 45.3 Å². The maximum absolute atomic E-state index is 11.1. The molecule has 2 aromatic rings. The highest BCUT2D eigenvalue weighted by Crippen LogP contribution is 2.24. The highest BCUT2D eigenvalue weighted by atomic mass is 16.1. The number of hydrogen-bond donors (Lipinski definition) is 1. The van der Waals surface area contributed by atoms with Crippen LogP contribution in [0.5, 0.6) is 0 Å². The first kappa shape index (κ1) is 18.7. The van der Waals surface area contributed by atoms with Gasteiger partial charge in [0, 0.05) is 38.3 Å². The number of aromatic nitrogens is 4. The first-order valence-electron chi connectivity index (χ1n) is 10.3. The molecule has 1 amide bonds. The maximum atomic E-state index is 11.1. The van der Waals surface area contributed by atoms with E-state index in [4.69, 9.17) is 9.97 Å². The molecular formula is C20H29N7O. The minimum Gasteiger partial charge on any atom is -0.351 e. The number of carbonyl (C=O) groups excluding carboxylic acids is 1. The van der Waals surface area contributed by atoms with E-state index in [1.54, 1.807) is 0 Å². The lowest BCUT2D eigenvalue weighted by atomic mass is 10.1. The van der Waals surface area contributed by atoms with Crippen molar-refractivity contribution in [1.29, 1.82) is 0 Å². The van der Waals surface area contributed by atoms with Gasteiger partial charge >= 0.3 is 0 Å². The number of aryl methyl sites for hydroxylation is 1. The van der Waals surface area contributed by atoms with E-state index < -0.39 is 0 Å². The molecule has 1 N–H and O–H groups in total. The van der Waals surface area contributed by atoms with E-state index in [1.807, 2.05) is 4.68 Å². The zero-order valence-electron chi connectivity index (χ0n) is 16.8. The molecule has 1 fully saturated rings. The number of carbonyl (C=O) groups is 1. The molecule has 8 heteroatoms. The van der Waals surface area contributed by atoms with E-state index in [2.05, 4.69) is 39.3 Å². The zero-order chi connectivity index (χ0) is 19.5. The van der Waals surface area contributed by atoms with Crippen molar-refractivity contribution >= 4 is 17.7 Å². The average Bonchev–Trinajstić information content (AvgIpc) is 3.14. The molecule has 8 nitrogen and oxygen atoms in total. The fourth-order valence-corrected chi connectivity index (χ4v) is 3.87. The Labute approximate surface area is 165 Å². The predicted molar refractivity (Wildman–Crippen MR) is 108 cm³/mol. The summed E-state index contributed by atoms with van der Waals surface area (Å²) in [6, 6.07) is 4.20. The molecule has 4 heterocycles. The molecule has 0 unspecified atom stereocenters. The van der Waals surface area contributed by atoms with Crippen LogP contribution in [-0.2, 0) is 30.8 Å². The van der Waals surface area contributed by atoms with Gasteiger partial charge in [-0.3, -0.25) is 9.48 Å². The molecule has 1 saturated heterocycles. The third kappa shape index (κ3) is 4.10. The van der Waals surface area contributed by atoms with Crippen LogP contribution in [0.25, 0.3) is 0 Å². The summed E-state index contributed by atoms with van der Waals surface area (Å²) in [5.41, 5.74) is 3.15. The lowest BCUT2D eigenvalue weighted by Crippen LogP contribution is -2.36. The summed E-state index contributed by atoms with van der Waals surface area (Å²) in [5, 5.41) is 7.43. The summed E-state index contributed by atoms with van der Waals surface area (Å²) in [5.74, 6) is 1.84. The van der Waals surface area contributed by atoms with Gasteiger partial charge in [0.15, 0.2) is 0 Å². The molecular weight excluding hydrogens is 354 g/mol. The highest BCUT2D eigenvalue weighted by molar-refractivity contribution is 5.72. The standard InChI is InChI=1S/C20H29N7O/c1-3-16-12-19(23-20(22-16)25-7-5-4-6-8-25)26-9-10-27-18(14-26)11-17(24-27)13-21-15(2)28/h11-12H,3-10,13-14H2,1-2H3,(H,21,28). The number of nitrogens with one attached hydrogen (secondary N) is 1. The van der Waals surface area contributed by atoms with Gasteiger partial charge in [-0.15, -0.1) is 0 Å². The van der Waals surface area contributed by atoms with Crippen LogP contribution < -0.4 is 15.1 Å². The Morgan fingerprint density at radius 2 is 1.86 bits per heavy atom. The van der Waals surface area contributed by atoms with Crippen molar-refractivity contribution in [2.45, 2.75) is 59.2 Å². The SMILES string of the molecule is CCc1cc(N2CCn3nc(CNC(C)=O)cc3C2)nc(N2CCCCC2)n1. The maximum Gasteiger partial charge on any atom is 0.227 e. The van der Waals surface area contributed by atoms with Crippen LogP contribution in [0.4, 0.5) is 11.8 Å². The number of anilines is 2. The van der Waals surface area contributed by atoms with Crippen LogP contribution in [0, 0.1) is 0 Å². The van der Waals surface area contributed by atoms with E-state index in [9.17, 15) is 4.79 Å². The van der Waals surface area contributed by atoms with E-state index in [1.165, 1.54) is 26.2 Å². The first-order chi connectivity index (χ1) is 13.6. The second kappa shape index (κ2) is 8.16. The van der Waals surface area contributed by atoms with Crippen LogP contribution in [0.2, 0.25) is 0 Å². The Balaban J connectivity index is 1.53. The van der Waals surface area contributed by atoms with Crippen LogP contribution in [0.3, 0.4) is 0 Å². The summed E-state index contributed by atoms with van der Waals surface area (Å²) in [7, 11) is 0. The number of piperidine rings is 1. The Bertz CT molecular complexity index is 841. The Morgan fingerprint density at radius 3 is 2.61 bits per heavy atom. The molecule has 0 saturated carbocycles. The quantitative estimate of drug-likeness (QED) is 0.849. The number of rotatable bonds is 5. The predicted octanol–water partition coefficient (Wildman–Crippen LogP) is 1.88. The first-order valence-corrected chi connectivity index (χ1v) is 10.3. The highest BCUT2D eigenvalue weighted by Gasteiger charge is 2.22. The largest absolute Gasteiger partial charge is 0.351 e. The molecule has 0 aromatic carbocycles. The average molecular weight is 384 g/mol. The van der Waals surface area contributed by atoms with Gasteiger partial charge in [0.1, 0.15) is 5.82 Å². The van der Waals surface area contributed by atoms with Crippen molar-refractivity contribution in [2.24, 2.45) is 0 Å². The molecule has 2 aliphatic heterocycles. The van der Waals surface area contributed by atoms with E-state index >= 15 is 0 Å². The van der Waals surface area contributed by atoms with Gasteiger partial charge in [-0.05, 0) is 31.7 Å². The molecule has 4 rings (SSSR count). The molecule has 0 bridgehead atoms. The second-order valence-electron chi connectivity index (χ2n) is 7.60. The van der Waals surface area contributed by atoms with Crippen molar-refractivity contribution < 1.29 is 4.79 Å². The summed E-state index contributed by atoms with van der Waals surface area (Å²) in [4.78, 5) is 25.5. The molecule has 0 aliphatic carbocycles. The lowest BCUT2D eigenvalue weighted by molar-refractivity contribution is -0.119. The van der Waals surface area contributed by atoms with Crippen LogP contribution >= 0.6 is 0 Å². The van der Waals surface area contributed by atoms with Gasteiger partial charge in [0.2, 0.25) is 11.9 Å². The third-order valence-electron chi connectivity index (χ3n) is 5.45. The van der Waals surface area contributed by atoms with Gasteiger partial charge in [-0.2, -0.15) is 10.1 Å². The Kier molecular flexibility index (Phi) is 5.45. The summed E-state index contributed by atoms with van der Waals surface area (Å²) >= 11 is 0. The molecule has 150 valence electrons. The molecule has 2 aliphatic rings.